The van der Waals surface area contributed by atoms with Gasteiger partial charge in [-0.3, -0.25) is 9.10 Å². The number of carbonyl (C=O) groups is 1. The van der Waals surface area contributed by atoms with E-state index in [1.54, 1.807) is 36.4 Å². The fourth-order valence-electron chi connectivity index (χ4n) is 3.12. The standard InChI is InChI=1S/C24H26N2O6S/c1-5-33(28,29)26(2)20-16-23(31-4)22(30-3)15-18(20)24(27)25-19-13-9-10-14-21(19)32-17-11-7-6-8-12-17/h6-16H,5H2,1-4H3,(H,25,27). The Morgan fingerprint density at radius 2 is 1.52 bits per heavy atom. The summed E-state index contributed by atoms with van der Waals surface area (Å²) in [6.07, 6.45) is 0. The van der Waals surface area contributed by atoms with E-state index in [4.69, 9.17) is 14.2 Å². The Hall–Kier alpha value is -3.72. The third-order valence-corrected chi connectivity index (χ3v) is 6.73. The molecule has 0 bridgehead atoms. The Labute approximate surface area is 193 Å². The number of para-hydroxylation sites is 3. The number of benzene rings is 3. The molecule has 0 saturated carbocycles. The van der Waals surface area contributed by atoms with E-state index in [1.165, 1.54) is 40.3 Å². The number of sulfonamides is 1. The van der Waals surface area contributed by atoms with Crippen LogP contribution in [0, 0.1) is 0 Å². The minimum absolute atomic E-state index is 0.0988. The first-order chi connectivity index (χ1) is 15.8. The number of rotatable bonds is 9. The second kappa shape index (κ2) is 10.3. The molecule has 0 atom stereocenters. The van der Waals surface area contributed by atoms with E-state index in [-0.39, 0.29) is 17.0 Å². The average molecular weight is 471 g/mol. The first-order valence-corrected chi connectivity index (χ1v) is 11.8. The highest BCUT2D eigenvalue weighted by Crippen LogP contribution is 2.37. The zero-order valence-corrected chi connectivity index (χ0v) is 19.7. The molecule has 0 aliphatic heterocycles. The van der Waals surface area contributed by atoms with Crippen LogP contribution in [-0.4, -0.2) is 41.3 Å². The Balaban J connectivity index is 2.02. The molecule has 9 heteroatoms. The number of nitrogens with one attached hydrogen (secondary N) is 1. The molecule has 0 spiro atoms. The van der Waals surface area contributed by atoms with Gasteiger partial charge < -0.3 is 19.5 Å². The van der Waals surface area contributed by atoms with Gasteiger partial charge in [-0.05, 0) is 37.3 Å². The van der Waals surface area contributed by atoms with Crippen LogP contribution in [0.4, 0.5) is 11.4 Å². The quantitative estimate of drug-likeness (QED) is 0.494. The predicted molar refractivity (Wildman–Crippen MR) is 128 cm³/mol. The molecule has 33 heavy (non-hydrogen) atoms. The Kier molecular flexibility index (Phi) is 7.44. The van der Waals surface area contributed by atoms with Gasteiger partial charge in [0.25, 0.3) is 5.91 Å². The first-order valence-electron chi connectivity index (χ1n) is 10.2. The molecule has 0 saturated heterocycles. The maximum absolute atomic E-state index is 13.3. The van der Waals surface area contributed by atoms with Crippen molar-refractivity contribution >= 4 is 27.3 Å². The average Bonchev–Trinajstić information content (AvgIpc) is 2.84. The molecule has 0 fully saturated rings. The van der Waals surface area contributed by atoms with Crippen LogP contribution in [0.25, 0.3) is 0 Å². The maximum atomic E-state index is 13.3. The zero-order valence-electron chi connectivity index (χ0n) is 18.9. The van der Waals surface area contributed by atoms with E-state index in [2.05, 4.69) is 5.32 Å². The molecule has 0 aromatic heterocycles. The highest BCUT2D eigenvalue weighted by atomic mass is 32.2. The Bertz CT molecular complexity index is 1230. The van der Waals surface area contributed by atoms with Crippen LogP contribution < -0.4 is 23.8 Å². The highest BCUT2D eigenvalue weighted by Gasteiger charge is 2.25. The van der Waals surface area contributed by atoms with Crippen LogP contribution in [0.3, 0.4) is 0 Å². The van der Waals surface area contributed by atoms with E-state index in [0.717, 1.165) is 4.31 Å². The summed E-state index contributed by atoms with van der Waals surface area (Å²) >= 11 is 0. The van der Waals surface area contributed by atoms with Crippen molar-refractivity contribution in [1.29, 1.82) is 0 Å². The van der Waals surface area contributed by atoms with Crippen molar-refractivity contribution in [1.82, 2.24) is 0 Å². The lowest BCUT2D eigenvalue weighted by Gasteiger charge is -2.23. The van der Waals surface area contributed by atoms with E-state index >= 15 is 0 Å². The van der Waals surface area contributed by atoms with Crippen molar-refractivity contribution in [2.45, 2.75) is 6.92 Å². The number of carbonyl (C=O) groups excluding carboxylic acids is 1. The van der Waals surface area contributed by atoms with Crippen molar-refractivity contribution < 1.29 is 27.4 Å². The van der Waals surface area contributed by atoms with Crippen molar-refractivity contribution in [2.24, 2.45) is 0 Å². The molecular weight excluding hydrogens is 444 g/mol. The number of methoxy groups -OCH3 is 2. The lowest BCUT2D eigenvalue weighted by Crippen LogP contribution is -2.30. The molecule has 1 amide bonds. The van der Waals surface area contributed by atoms with Crippen molar-refractivity contribution in [2.75, 3.05) is 36.6 Å². The number of ether oxygens (including phenoxy) is 3. The summed E-state index contributed by atoms with van der Waals surface area (Å²) in [6.45, 7) is 1.53. The molecule has 3 aromatic carbocycles. The van der Waals surface area contributed by atoms with Crippen LogP contribution in [0.5, 0.6) is 23.0 Å². The summed E-state index contributed by atoms with van der Waals surface area (Å²) in [7, 11) is 0.627. The maximum Gasteiger partial charge on any atom is 0.258 e. The Morgan fingerprint density at radius 3 is 2.15 bits per heavy atom. The lowest BCUT2D eigenvalue weighted by atomic mass is 10.1. The van der Waals surface area contributed by atoms with Gasteiger partial charge in [0.05, 0.1) is 36.9 Å². The molecule has 0 aliphatic rings. The van der Waals surface area contributed by atoms with Crippen LogP contribution in [-0.2, 0) is 10.0 Å². The lowest BCUT2D eigenvalue weighted by molar-refractivity contribution is 0.102. The molecule has 0 unspecified atom stereocenters. The van der Waals surface area contributed by atoms with Gasteiger partial charge in [0.15, 0.2) is 17.2 Å². The van der Waals surface area contributed by atoms with E-state index in [1.807, 2.05) is 18.2 Å². The van der Waals surface area contributed by atoms with Gasteiger partial charge in [0, 0.05) is 13.1 Å². The summed E-state index contributed by atoms with van der Waals surface area (Å²) < 4.78 is 42.7. The first kappa shape index (κ1) is 23.9. The monoisotopic (exact) mass is 470 g/mol. The smallest absolute Gasteiger partial charge is 0.258 e. The van der Waals surface area contributed by atoms with Crippen LogP contribution in [0.15, 0.2) is 66.7 Å². The molecule has 1 N–H and O–H groups in total. The fraction of sp³-hybridized carbons (Fsp3) is 0.208. The number of nitrogens with zero attached hydrogens (tertiary/aromatic N) is 1. The van der Waals surface area contributed by atoms with Gasteiger partial charge >= 0.3 is 0 Å². The van der Waals surface area contributed by atoms with E-state index < -0.39 is 15.9 Å². The molecule has 0 aliphatic carbocycles. The number of hydrogen-bond donors (Lipinski definition) is 1. The summed E-state index contributed by atoms with van der Waals surface area (Å²) in [5.41, 5.74) is 0.684. The number of anilines is 2. The third kappa shape index (κ3) is 5.38. The molecule has 174 valence electrons. The minimum atomic E-state index is -3.64. The van der Waals surface area contributed by atoms with E-state index in [9.17, 15) is 13.2 Å². The van der Waals surface area contributed by atoms with Gasteiger partial charge in [0.2, 0.25) is 10.0 Å². The zero-order chi connectivity index (χ0) is 24.0. The SMILES string of the molecule is CCS(=O)(=O)N(C)c1cc(OC)c(OC)cc1C(=O)Nc1ccccc1Oc1ccccc1. The summed E-state index contributed by atoms with van der Waals surface area (Å²) in [4.78, 5) is 13.3. The largest absolute Gasteiger partial charge is 0.493 e. The second-order valence-corrected chi connectivity index (χ2v) is 9.25. The van der Waals surface area contributed by atoms with Crippen molar-refractivity contribution in [3.63, 3.8) is 0 Å². The summed E-state index contributed by atoms with van der Waals surface area (Å²) in [5.74, 6) is 0.978. The number of hydrogen-bond acceptors (Lipinski definition) is 6. The van der Waals surface area contributed by atoms with Gasteiger partial charge in [-0.15, -0.1) is 0 Å². The normalized spacial score (nSPS) is 10.9. The third-order valence-electron chi connectivity index (χ3n) is 4.97. The molecule has 8 nitrogen and oxygen atoms in total. The van der Waals surface area contributed by atoms with Gasteiger partial charge in [-0.2, -0.15) is 0 Å². The number of amides is 1. The highest BCUT2D eigenvalue weighted by molar-refractivity contribution is 7.92. The topological polar surface area (TPSA) is 94.2 Å². The molecule has 3 aromatic rings. The van der Waals surface area contributed by atoms with Crippen molar-refractivity contribution in [3.8, 4) is 23.0 Å². The van der Waals surface area contributed by atoms with Gasteiger partial charge in [-0.1, -0.05) is 30.3 Å². The Morgan fingerprint density at radius 1 is 0.909 bits per heavy atom. The van der Waals surface area contributed by atoms with Crippen LogP contribution in [0.2, 0.25) is 0 Å². The second-order valence-electron chi connectivity index (χ2n) is 6.96. The van der Waals surface area contributed by atoms with Crippen LogP contribution in [0.1, 0.15) is 17.3 Å². The molecule has 0 radical (unpaired) electrons. The molecule has 0 heterocycles. The van der Waals surface area contributed by atoms with Crippen molar-refractivity contribution in [3.05, 3.63) is 72.3 Å². The summed E-state index contributed by atoms with van der Waals surface area (Å²) in [5, 5.41) is 2.82. The molecular formula is C24H26N2O6S. The molecule has 3 rings (SSSR count). The van der Waals surface area contributed by atoms with Crippen LogP contribution >= 0.6 is 0 Å². The van der Waals surface area contributed by atoms with Gasteiger partial charge in [-0.25, -0.2) is 8.42 Å². The predicted octanol–water partition coefficient (Wildman–Crippen LogP) is 4.53. The minimum Gasteiger partial charge on any atom is -0.493 e. The van der Waals surface area contributed by atoms with E-state index in [0.29, 0.717) is 28.7 Å². The van der Waals surface area contributed by atoms with Gasteiger partial charge in [0.1, 0.15) is 5.75 Å². The summed E-state index contributed by atoms with van der Waals surface area (Å²) in [6, 6.07) is 19.1. The fourth-order valence-corrected chi connectivity index (χ4v) is 3.96.